The molecule has 4 N–H and O–H groups in total. The van der Waals surface area contributed by atoms with E-state index in [-0.39, 0.29) is 12.5 Å². The zero-order chi connectivity index (χ0) is 13.5. The van der Waals surface area contributed by atoms with Gasteiger partial charge in [0.1, 0.15) is 18.0 Å². The van der Waals surface area contributed by atoms with E-state index in [1.165, 1.54) is 6.26 Å². The third kappa shape index (κ3) is 4.86. The van der Waals surface area contributed by atoms with Crippen molar-refractivity contribution in [3.05, 3.63) is 18.0 Å². The highest BCUT2D eigenvalue weighted by Gasteiger charge is 2.19. The lowest BCUT2D eigenvalue weighted by molar-refractivity contribution is -0.120. The first kappa shape index (κ1) is 14.0. The number of primary amides is 1. The van der Waals surface area contributed by atoms with Crippen molar-refractivity contribution in [1.82, 2.24) is 15.8 Å². The highest BCUT2D eigenvalue weighted by molar-refractivity contribution is 5.85. The van der Waals surface area contributed by atoms with Crippen molar-refractivity contribution in [1.29, 1.82) is 0 Å². The first-order valence-electron chi connectivity index (χ1n) is 5.72. The van der Waals surface area contributed by atoms with Crippen molar-refractivity contribution in [3.63, 3.8) is 0 Å². The summed E-state index contributed by atoms with van der Waals surface area (Å²) >= 11 is 0. The number of hydrogen-bond acceptors (Lipinski definition) is 4. The molecule has 0 spiro atoms. The molecule has 0 saturated carbocycles. The van der Waals surface area contributed by atoms with Gasteiger partial charge in [-0.3, -0.25) is 4.79 Å². The van der Waals surface area contributed by atoms with Crippen LogP contribution in [0.25, 0.3) is 0 Å². The van der Waals surface area contributed by atoms with Crippen molar-refractivity contribution in [2.45, 2.75) is 32.9 Å². The summed E-state index contributed by atoms with van der Waals surface area (Å²) in [6.45, 7) is 4.13. The van der Waals surface area contributed by atoms with Crippen LogP contribution >= 0.6 is 0 Å². The fourth-order valence-electron chi connectivity index (χ4n) is 1.43. The first-order chi connectivity index (χ1) is 8.49. The monoisotopic (exact) mass is 254 g/mol. The van der Waals surface area contributed by atoms with Gasteiger partial charge in [0.15, 0.2) is 0 Å². The minimum atomic E-state index is -0.665. The van der Waals surface area contributed by atoms with Crippen LogP contribution in [0.15, 0.2) is 16.9 Å². The van der Waals surface area contributed by atoms with E-state index in [4.69, 9.17) is 5.73 Å². The minimum absolute atomic E-state index is 0.232. The number of nitrogens with zero attached hydrogens (tertiary/aromatic N) is 1. The Kier molecular flexibility index (Phi) is 5.16. The number of aromatic nitrogens is 1. The molecular weight excluding hydrogens is 236 g/mol. The topological polar surface area (TPSA) is 110 Å². The summed E-state index contributed by atoms with van der Waals surface area (Å²) in [5, 5.41) is 8.73. The van der Waals surface area contributed by atoms with E-state index in [0.29, 0.717) is 12.1 Å². The van der Waals surface area contributed by atoms with E-state index in [1.54, 1.807) is 6.07 Å². The van der Waals surface area contributed by atoms with E-state index >= 15 is 0 Å². The number of amides is 3. The Morgan fingerprint density at radius 2 is 2.22 bits per heavy atom. The second-order valence-corrected chi connectivity index (χ2v) is 4.40. The Hall–Kier alpha value is -2.05. The highest BCUT2D eigenvalue weighted by atomic mass is 16.5. The third-order valence-electron chi connectivity index (χ3n) is 2.28. The van der Waals surface area contributed by atoms with Crippen LogP contribution in [-0.4, -0.2) is 23.1 Å². The van der Waals surface area contributed by atoms with Crippen LogP contribution in [0.1, 0.15) is 26.0 Å². The smallest absolute Gasteiger partial charge is 0.315 e. The Labute approximate surface area is 105 Å². The molecule has 0 unspecified atom stereocenters. The number of rotatable bonds is 6. The van der Waals surface area contributed by atoms with Gasteiger partial charge in [0.2, 0.25) is 5.91 Å². The molecule has 0 radical (unpaired) electrons. The van der Waals surface area contributed by atoms with Gasteiger partial charge in [0, 0.05) is 6.07 Å². The van der Waals surface area contributed by atoms with E-state index in [1.807, 2.05) is 13.8 Å². The summed E-state index contributed by atoms with van der Waals surface area (Å²) < 4.78 is 4.62. The maximum absolute atomic E-state index is 11.5. The highest BCUT2D eigenvalue weighted by Crippen LogP contribution is 2.04. The molecule has 0 aliphatic rings. The Bertz CT molecular complexity index is 389. The van der Waals surface area contributed by atoms with Gasteiger partial charge in [0.05, 0.1) is 6.54 Å². The van der Waals surface area contributed by atoms with Crippen LogP contribution in [0.4, 0.5) is 4.79 Å². The summed E-state index contributed by atoms with van der Waals surface area (Å²) in [7, 11) is 0. The van der Waals surface area contributed by atoms with Crippen molar-refractivity contribution < 1.29 is 14.1 Å². The predicted octanol–water partition coefficient (Wildman–Crippen LogP) is 0.374. The molecule has 1 aromatic heterocycles. The summed E-state index contributed by atoms with van der Waals surface area (Å²) in [5.41, 5.74) is 5.82. The van der Waals surface area contributed by atoms with Gasteiger partial charge < -0.3 is 20.9 Å². The summed E-state index contributed by atoms with van der Waals surface area (Å²) in [5.74, 6) is -0.279. The van der Waals surface area contributed by atoms with Crippen molar-refractivity contribution in [2.75, 3.05) is 0 Å². The van der Waals surface area contributed by atoms with Crippen LogP contribution in [0, 0.1) is 5.92 Å². The summed E-state index contributed by atoms with van der Waals surface area (Å²) in [4.78, 5) is 22.7. The average Bonchev–Trinajstić information content (AvgIpc) is 2.77. The molecule has 0 fully saturated rings. The summed E-state index contributed by atoms with van der Waals surface area (Å²) in [6, 6.07) is 0.518. The average molecular weight is 254 g/mol. The molecule has 3 amide bonds. The number of nitrogens with one attached hydrogen (secondary N) is 2. The van der Waals surface area contributed by atoms with Crippen LogP contribution in [0.3, 0.4) is 0 Å². The van der Waals surface area contributed by atoms with Gasteiger partial charge in [-0.05, 0) is 12.3 Å². The number of carbonyl (C=O) groups is 2. The Balaban J connectivity index is 2.39. The maximum atomic E-state index is 11.5. The van der Waals surface area contributed by atoms with Crippen molar-refractivity contribution in [3.8, 4) is 0 Å². The number of hydrogen-bond donors (Lipinski definition) is 3. The second kappa shape index (κ2) is 6.63. The van der Waals surface area contributed by atoms with Crippen LogP contribution in [-0.2, 0) is 11.3 Å². The largest absolute Gasteiger partial charge is 0.368 e. The quantitative estimate of drug-likeness (QED) is 0.681. The molecule has 100 valence electrons. The Morgan fingerprint density at radius 3 is 2.72 bits per heavy atom. The van der Waals surface area contributed by atoms with Gasteiger partial charge in [-0.15, -0.1) is 0 Å². The normalized spacial score (nSPS) is 12.2. The third-order valence-corrected chi connectivity index (χ3v) is 2.28. The standard InChI is InChI=1S/C11H18N4O3/c1-7(2)5-9(10(12)16)14-11(17)13-6-8-3-4-18-15-8/h3-4,7,9H,5-6H2,1-2H3,(H2,12,16)(H2,13,14,17)/t9-/m0/s1. The van der Waals surface area contributed by atoms with Crippen LogP contribution < -0.4 is 16.4 Å². The predicted molar refractivity (Wildman–Crippen MR) is 64.3 cm³/mol. The fraction of sp³-hybridized carbons (Fsp3) is 0.545. The van der Waals surface area contributed by atoms with Crippen molar-refractivity contribution >= 4 is 11.9 Å². The van der Waals surface area contributed by atoms with E-state index in [2.05, 4.69) is 20.3 Å². The van der Waals surface area contributed by atoms with Gasteiger partial charge in [-0.1, -0.05) is 19.0 Å². The molecule has 0 saturated heterocycles. The summed E-state index contributed by atoms with van der Waals surface area (Å²) in [6.07, 6.45) is 1.92. The molecule has 0 aromatic carbocycles. The molecule has 1 heterocycles. The lowest BCUT2D eigenvalue weighted by Crippen LogP contribution is -2.48. The number of urea groups is 1. The lowest BCUT2D eigenvalue weighted by atomic mass is 10.0. The van der Waals surface area contributed by atoms with Gasteiger partial charge in [0.25, 0.3) is 0 Å². The number of nitrogens with two attached hydrogens (primary N) is 1. The molecule has 1 aromatic rings. The molecule has 0 aliphatic heterocycles. The fourth-order valence-corrected chi connectivity index (χ4v) is 1.43. The molecule has 7 heteroatoms. The maximum Gasteiger partial charge on any atom is 0.315 e. The molecule has 1 atom stereocenters. The molecule has 0 aliphatic carbocycles. The Morgan fingerprint density at radius 1 is 1.50 bits per heavy atom. The zero-order valence-corrected chi connectivity index (χ0v) is 10.5. The van der Waals surface area contributed by atoms with Gasteiger partial charge >= 0.3 is 6.03 Å². The van der Waals surface area contributed by atoms with E-state index in [9.17, 15) is 9.59 Å². The van der Waals surface area contributed by atoms with Crippen LogP contribution in [0.2, 0.25) is 0 Å². The van der Waals surface area contributed by atoms with E-state index in [0.717, 1.165) is 0 Å². The second-order valence-electron chi connectivity index (χ2n) is 4.40. The molecule has 0 bridgehead atoms. The molecular formula is C11H18N4O3. The molecule has 1 rings (SSSR count). The lowest BCUT2D eigenvalue weighted by Gasteiger charge is -2.17. The van der Waals surface area contributed by atoms with E-state index < -0.39 is 18.0 Å². The molecule has 7 nitrogen and oxygen atoms in total. The minimum Gasteiger partial charge on any atom is -0.368 e. The first-order valence-corrected chi connectivity index (χ1v) is 5.72. The zero-order valence-electron chi connectivity index (χ0n) is 10.5. The SMILES string of the molecule is CC(C)C[C@H](NC(=O)NCc1ccon1)C(N)=O. The number of carbonyl (C=O) groups excluding carboxylic acids is 2. The molecule has 18 heavy (non-hydrogen) atoms. The van der Waals surface area contributed by atoms with Gasteiger partial charge in [-0.25, -0.2) is 4.79 Å². The van der Waals surface area contributed by atoms with Crippen molar-refractivity contribution in [2.24, 2.45) is 11.7 Å². The van der Waals surface area contributed by atoms with Crippen LogP contribution in [0.5, 0.6) is 0 Å². The van der Waals surface area contributed by atoms with Gasteiger partial charge in [-0.2, -0.15) is 0 Å².